The third kappa shape index (κ3) is 5.27. The molecule has 0 bridgehead atoms. The number of nitrogens with one attached hydrogen (secondary N) is 1. The van der Waals surface area contributed by atoms with E-state index in [0.717, 1.165) is 0 Å². The van der Waals surface area contributed by atoms with Crippen LogP contribution in [-0.2, 0) is 9.59 Å². The summed E-state index contributed by atoms with van der Waals surface area (Å²) in [5, 5.41) is 11.6. The molecule has 0 aliphatic heterocycles. The molecule has 5 heteroatoms. The van der Waals surface area contributed by atoms with Gasteiger partial charge in [-0.1, -0.05) is 6.07 Å². The number of hydrogen-bond acceptors (Lipinski definition) is 3. The van der Waals surface area contributed by atoms with Gasteiger partial charge in [0.05, 0.1) is 11.6 Å². The predicted octanol–water partition coefficient (Wildman–Crippen LogP) is 2.53. The highest BCUT2D eigenvalue weighted by Crippen LogP contribution is 2.15. The standard InChI is InChI=1S/C16H21N3O2/c1-12(20)19(16(2,3)4)9-8-15(21)18-14-7-5-6-13(10-14)11-17/h5-7,10H,8-9H2,1-4H3,(H,18,21). The molecule has 1 rings (SSSR count). The molecule has 0 spiro atoms. The van der Waals surface area contributed by atoms with Crippen molar-refractivity contribution in [2.75, 3.05) is 11.9 Å². The largest absolute Gasteiger partial charge is 0.338 e. The van der Waals surface area contributed by atoms with Gasteiger partial charge in [0.2, 0.25) is 11.8 Å². The van der Waals surface area contributed by atoms with E-state index in [1.165, 1.54) is 6.92 Å². The molecule has 1 aromatic carbocycles. The van der Waals surface area contributed by atoms with E-state index in [-0.39, 0.29) is 23.8 Å². The Balaban J connectivity index is 2.61. The van der Waals surface area contributed by atoms with E-state index in [9.17, 15) is 9.59 Å². The van der Waals surface area contributed by atoms with Crippen molar-refractivity contribution in [2.24, 2.45) is 0 Å². The second-order valence-corrected chi connectivity index (χ2v) is 5.83. The Morgan fingerprint density at radius 3 is 2.52 bits per heavy atom. The Kier molecular flexibility index (Phi) is 5.48. The summed E-state index contributed by atoms with van der Waals surface area (Å²) in [7, 11) is 0. The fourth-order valence-corrected chi connectivity index (χ4v) is 2.07. The Morgan fingerprint density at radius 2 is 2.00 bits per heavy atom. The zero-order valence-electron chi connectivity index (χ0n) is 12.9. The molecule has 21 heavy (non-hydrogen) atoms. The molecular formula is C16H21N3O2. The van der Waals surface area contributed by atoms with Crippen LogP contribution in [0, 0.1) is 11.3 Å². The van der Waals surface area contributed by atoms with Gasteiger partial charge in [0, 0.05) is 31.1 Å². The Labute approximate surface area is 125 Å². The molecule has 0 atom stereocenters. The normalized spacial score (nSPS) is 10.6. The molecular weight excluding hydrogens is 266 g/mol. The molecule has 2 amide bonds. The van der Waals surface area contributed by atoms with Crippen molar-refractivity contribution in [3.8, 4) is 6.07 Å². The highest BCUT2D eigenvalue weighted by Gasteiger charge is 2.23. The number of amides is 2. The molecule has 5 nitrogen and oxygen atoms in total. The number of carbonyl (C=O) groups is 2. The summed E-state index contributed by atoms with van der Waals surface area (Å²) in [6.45, 7) is 7.66. The maximum absolute atomic E-state index is 11.9. The third-order valence-corrected chi connectivity index (χ3v) is 3.03. The van der Waals surface area contributed by atoms with E-state index in [1.54, 1.807) is 29.2 Å². The lowest BCUT2D eigenvalue weighted by Gasteiger charge is -2.34. The van der Waals surface area contributed by atoms with Crippen LogP contribution in [0.5, 0.6) is 0 Å². The zero-order valence-corrected chi connectivity index (χ0v) is 12.9. The first kappa shape index (κ1) is 16.7. The van der Waals surface area contributed by atoms with Gasteiger partial charge in [-0.05, 0) is 39.0 Å². The second kappa shape index (κ2) is 6.89. The number of carbonyl (C=O) groups excluding carboxylic acids is 2. The van der Waals surface area contributed by atoms with Gasteiger partial charge in [-0.2, -0.15) is 5.26 Å². The van der Waals surface area contributed by atoms with Crippen LogP contribution in [0.25, 0.3) is 0 Å². The van der Waals surface area contributed by atoms with E-state index >= 15 is 0 Å². The monoisotopic (exact) mass is 287 g/mol. The van der Waals surface area contributed by atoms with Crippen LogP contribution >= 0.6 is 0 Å². The average Bonchev–Trinajstić information content (AvgIpc) is 2.37. The number of rotatable bonds is 4. The molecule has 1 aromatic rings. The van der Waals surface area contributed by atoms with Gasteiger partial charge in [-0.3, -0.25) is 9.59 Å². The van der Waals surface area contributed by atoms with E-state index in [0.29, 0.717) is 17.8 Å². The molecule has 0 radical (unpaired) electrons. The van der Waals surface area contributed by atoms with E-state index in [2.05, 4.69) is 5.32 Å². The highest BCUT2D eigenvalue weighted by molar-refractivity contribution is 5.91. The summed E-state index contributed by atoms with van der Waals surface area (Å²) in [4.78, 5) is 25.2. The first-order valence-corrected chi connectivity index (χ1v) is 6.82. The first-order valence-electron chi connectivity index (χ1n) is 6.82. The summed E-state index contributed by atoms with van der Waals surface area (Å²) >= 11 is 0. The lowest BCUT2D eigenvalue weighted by molar-refractivity contribution is -0.134. The second-order valence-electron chi connectivity index (χ2n) is 5.83. The molecule has 0 fully saturated rings. The maximum atomic E-state index is 11.9. The molecule has 1 N–H and O–H groups in total. The summed E-state index contributed by atoms with van der Waals surface area (Å²) < 4.78 is 0. The van der Waals surface area contributed by atoms with E-state index in [1.807, 2.05) is 26.8 Å². The van der Waals surface area contributed by atoms with Crippen LogP contribution in [-0.4, -0.2) is 28.8 Å². The molecule has 0 aromatic heterocycles. The van der Waals surface area contributed by atoms with Gasteiger partial charge < -0.3 is 10.2 Å². The quantitative estimate of drug-likeness (QED) is 0.924. The predicted molar refractivity (Wildman–Crippen MR) is 81.5 cm³/mol. The number of anilines is 1. The van der Waals surface area contributed by atoms with Gasteiger partial charge in [-0.15, -0.1) is 0 Å². The zero-order chi connectivity index (χ0) is 16.0. The van der Waals surface area contributed by atoms with Crippen molar-refractivity contribution in [1.82, 2.24) is 4.90 Å². The van der Waals surface area contributed by atoms with E-state index < -0.39 is 0 Å². The molecule has 0 aliphatic rings. The Morgan fingerprint density at radius 1 is 1.33 bits per heavy atom. The first-order chi connectivity index (χ1) is 9.74. The molecule has 0 saturated carbocycles. The lowest BCUT2D eigenvalue weighted by Crippen LogP contribution is -2.45. The topological polar surface area (TPSA) is 73.2 Å². The Bertz CT molecular complexity index is 568. The van der Waals surface area contributed by atoms with Gasteiger partial charge in [-0.25, -0.2) is 0 Å². The minimum absolute atomic E-state index is 0.0539. The SMILES string of the molecule is CC(=O)N(CCC(=O)Nc1cccc(C#N)c1)C(C)(C)C. The lowest BCUT2D eigenvalue weighted by atomic mass is 10.1. The smallest absolute Gasteiger partial charge is 0.226 e. The van der Waals surface area contributed by atoms with Gasteiger partial charge >= 0.3 is 0 Å². The molecule has 112 valence electrons. The van der Waals surface area contributed by atoms with Crippen molar-refractivity contribution in [3.63, 3.8) is 0 Å². The van der Waals surface area contributed by atoms with Crippen molar-refractivity contribution < 1.29 is 9.59 Å². The van der Waals surface area contributed by atoms with Crippen molar-refractivity contribution in [1.29, 1.82) is 5.26 Å². The highest BCUT2D eigenvalue weighted by atomic mass is 16.2. The average molecular weight is 287 g/mol. The minimum Gasteiger partial charge on any atom is -0.338 e. The molecule has 0 saturated heterocycles. The van der Waals surface area contributed by atoms with Crippen LogP contribution in [0.2, 0.25) is 0 Å². The van der Waals surface area contributed by atoms with Crippen molar-refractivity contribution >= 4 is 17.5 Å². The van der Waals surface area contributed by atoms with Gasteiger partial charge in [0.25, 0.3) is 0 Å². The van der Waals surface area contributed by atoms with Crippen LogP contribution < -0.4 is 5.32 Å². The fraction of sp³-hybridized carbons (Fsp3) is 0.438. The summed E-state index contributed by atoms with van der Waals surface area (Å²) in [5.41, 5.74) is 0.768. The van der Waals surface area contributed by atoms with Crippen LogP contribution in [0.1, 0.15) is 39.7 Å². The summed E-state index contributed by atoms with van der Waals surface area (Å²) in [6, 6.07) is 8.75. The van der Waals surface area contributed by atoms with Crippen molar-refractivity contribution in [2.45, 2.75) is 39.7 Å². The van der Waals surface area contributed by atoms with Crippen molar-refractivity contribution in [3.05, 3.63) is 29.8 Å². The fourth-order valence-electron chi connectivity index (χ4n) is 2.07. The Hall–Kier alpha value is -2.35. The van der Waals surface area contributed by atoms with E-state index in [4.69, 9.17) is 5.26 Å². The van der Waals surface area contributed by atoms with Crippen LogP contribution in [0.15, 0.2) is 24.3 Å². The number of benzene rings is 1. The number of nitrogens with zero attached hydrogens (tertiary/aromatic N) is 2. The summed E-state index contributed by atoms with van der Waals surface area (Å²) in [6.07, 6.45) is 0.216. The van der Waals surface area contributed by atoms with Crippen LogP contribution in [0.4, 0.5) is 5.69 Å². The molecule has 0 aliphatic carbocycles. The number of nitriles is 1. The number of hydrogen-bond donors (Lipinski definition) is 1. The van der Waals surface area contributed by atoms with Gasteiger partial charge in [0.1, 0.15) is 0 Å². The van der Waals surface area contributed by atoms with Crippen LogP contribution in [0.3, 0.4) is 0 Å². The third-order valence-electron chi connectivity index (χ3n) is 3.03. The molecule has 0 unspecified atom stereocenters. The minimum atomic E-state index is -0.313. The molecule has 0 heterocycles. The maximum Gasteiger partial charge on any atom is 0.226 e. The summed E-state index contributed by atoms with van der Waals surface area (Å²) in [5.74, 6) is -0.234. The van der Waals surface area contributed by atoms with Gasteiger partial charge in [0.15, 0.2) is 0 Å².